The summed E-state index contributed by atoms with van der Waals surface area (Å²) in [6, 6.07) is 13.6. The van der Waals surface area contributed by atoms with E-state index in [1.54, 1.807) is 31.4 Å². The SMILES string of the molecule is COc1ccc(C(=O)[C@H]2[C@@H]3C(=O)NC(=O)[C@@H]3[C@H]3c4ccccc4C=CN32)cc1. The lowest BCUT2D eigenvalue weighted by Gasteiger charge is -2.34. The standard InChI is InChI=1S/C22H18N2O4/c1-28-14-8-6-13(7-9-14)20(25)19-17-16(21(26)23-22(17)27)18-15-5-3-2-4-12(15)10-11-24(18)19/h2-11,16-19H,1H3,(H,23,26,27)/t16-,17+,18+,19+/m0/s1. The van der Waals surface area contributed by atoms with Crippen LogP contribution in [0.25, 0.3) is 6.08 Å². The molecule has 0 spiro atoms. The smallest absolute Gasteiger partial charge is 0.233 e. The van der Waals surface area contributed by atoms with E-state index in [0.717, 1.165) is 11.1 Å². The van der Waals surface area contributed by atoms with Crippen molar-refractivity contribution in [2.24, 2.45) is 11.8 Å². The zero-order valence-corrected chi connectivity index (χ0v) is 15.2. The van der Waals surface area contributed by atoms with E-state index in [-0.39, 0.29) is 23.6 Å². The van der Waals surface area contributed by atoms with Crippen molar-refractivity contribution >= 4 is 23.7 Å². The number of rotatable bonds is 3. The molecule has 2 amide bonds. The molecule has 6 nitrogen and oxygen atoms in total. The van der Waals surface area contributed by atoms with E-state index in [4.69, 9.17) is 4.74 Å². The van der Waals surface area contributed by atoms with Crippen LogP contribution in [0.1, 0.15) is 27.5 Å². The number of methoxy groups -OCH3 is 1. The summed E-state index contributed by atoms with van der Waals surface area (Å²) < 4.78 is 5.16. The summed E-state index contributed by atoms with van der Waals surface area (Å²) in [6.07, 6.45) is 3.78. The third kappa shape index (κ3) is 2.24. The van der Waals surface area contributed by atoms with Crippen LogP contribution in [-0.2, 0) is 9.59 Å². The van der Waals surface area contributed by atoms with Crippen LogP contribution in [0.5, 0.6) is 5.75 Å². The number of carbonyl (C=O) groups excluding carboxylic acids is 3. The van der Waals surface area contributed by atoms with Gasteiger partial charge in [-0.05, 0) is 41.5 Å². The minimum absolute atomic E-state index is 0.172. The molecule has 2 fully saturated rings. The van der Waals surface area contributed by atoms with Crippen molar-refractivity contribution in [2.75, 3.05) is 7.11 Å². The molecule has 0 bridgehead atoms. The van der Waals surface area contributed by atoms with Gasteiger partial charge in [0.05, 0.1) is 25.0 Å². The molecule has 1 N–H and O–H groups in total. The van der Waals surface area contributed by atoms with E-state index < -0.39 is 17.9 Å². The molecule has 2 saturated heterocycles. The summed E-state index contributed by atoms with van der Waals surface area (Å²) in [7, 11) is 1.56. The molecule has 0 aliphatic carbocycles. The summed E-state index contributed by atoms with van der Waals surface area (Å²) in [5.74, 6) is -1.48. The van der Waals surface area contributed by atoms with Gasteiger partial charge in [0.15, 0.2) is 5.78 Å². The molecule has 0 saturated carbocycles. The van der Waals surface area contributed by atoms with Crippen molar-refractivity contribution in [1.29, 1.82) is 0 Å². The Bertz CT molecular complexity index is 1030. The minimum Gasteiger partial charge on any atom is -0.497 e. The number of amides is 2. The van der Waals surface area contributed by atoms with Crippen LogP contribution in [0.2, 0.25) is 0 Å². The number of carbonyl (C=O) groups is 3. The lowest BCUT2D eigenvalue weighted by Crippen LogP contribution is -2.42. The van der Waals surface area contributed by atoms with Gasteiger partial charge in [0.2, 0.25) is 11.8 Å². The molecule has 2 aromatic carbocycles. The van der Waals surface area contributed by atoms with E-state index in [9.17, 15) is 14.4 Å². The molecule has 2 aromatic rings. The number of nitrogens with one attached hydrogen (secondary N) is 1. The monoisotopic (exact) mass is 374 g/mol. The molecule has 140 valence electrons. The Morgan fingerprint density at radius 3 is 2.46 bits per heavy atom. The minimum atomic E-state index is -0.723. The second-order valence-electron chi connectivity index (χ2n) is 7.28. The van der Waals surface area contributed by atoms with E-state index in [2.05, 4.69) is 5.32 Å². The van der Waals surface area contributed by atoms with E-state index in [0.29, 0.717) is 11.3 Å². The molecule has 3 heterocycles. The number of benzene rings is 2. The largest absolute Gasteiger partial charge is 0.497 e. The molecule has 0 aromatic heterocycles. The second kappa shape index (κ2) is 6.05. The van der Waals surface area contributed by atoms with Crippen LogP contribution in [0.4, 0.5) is 0 Å². The lowest BCUT2D eigenvalue weighted by molar-refractivity contribution is -0.127. The Morgan fingerprint density at radius 2 is 1.71 bits per heavy atom. The first-order valence-corrected chi connectivity index (χ1v) is 9.17. The Morgan fingerprint density at radius 1 is 1.00 bits per heavy atom. The number of imide groups is 1. The van der Waals surface area contributed by atoms with Crippen LogP contribution in [0.15, 0.2) is 54.7 Å². The average Bonchev–Trinajstić information content (AvgIpc) is 3.22. The Hall–Kier alpha value is -3.41. The summed E-state index contributed by atoms with van der Waals surface area (Å²) in [6.45, 7) is 0. The van der Waals surface area contributed by atoms with Gasteiger partial charge in [-0.1, -0.05) is 24.3 Å². The van der Waals surface area contributed by atoms with E-state index in [1.165, 1.54) is 0 Å². The Labute approximate surface area is 161 Å². The summed E-state index contributed by atoms with van der Waals surface area (Å²) in [5.41, 5.74) is 2.46. The summed E-state index contributed by atoms with van der Waals surface area (Å²) in [4.78, 5) is 40.5. The highest BCUT2D eigenvalue weighted by Crippen LogP contribution is 2.51. The molecule has 0 radical (unpaired) electrons. The van der Waals surface area contributed by atoms with Gasteiger partial charge in [-0.3, -0.25) is 19.7 Å². The summed E-state index contributed by atoms with van der Waals surface area (Å²) >= 11 is 0. The number of ketones is 1. The normalized spacial score (nSPS) is 27.1. The fourth-order valence-electron chi connectivity index (χ4n) is 4.70. The highest BCUT2D eigenvalue weighted by Gasteiger charge is 2.61. The van der Waals surface area contributed by atoms with Crippen molar-refractivity contribution < 1.29 is 19.1 Å². The van der Waals surface area contributed by atoms with E-state index in [1.807, 2.05) is 41.4 Å². The van der Waals surface area contributed by atoms with Crippen LogP contribution < -0.4 is 10.1 Å². The Balaban J connectivity index is 1.61. The first kappa shape index (κ1) is 16.7. The van der Waals surface area contributed by atoms with Gasteiger partial charge in [0.25, 0.3) is 0 Å². The molecule has 6 heteroatoms. The van der Waals surface area contributed by atoms with Crippen LogP contribution in [-0.4, -0.2) is 35.6 Å². The number of ether oxygens (including phenoxy) is 1. The molecular weight excluding hydrogens is 356 g/mol. The van der Waals surface area contributed by atoms with Gasteiger partial charge in [-0.15, -0.1) is 0 Å². The van der Waals surface area contributed by atoms with Crippen molar-refractivity contribution in [3.63, 3.8) is 0 Å². The van der Waals surface area contributed by atoms with E-state index >= 15 is 0 Å². The van der Waals surface area contributed by atoms with Gasteiger partial charge in [0, 0.05) is 11.8 Å². The lowest BCUT2D eigenvalue weighted by atomic mass is 9.83. The maximum Gasteiger partial charge on any atom is 0.233 e. The molecule has 4 atom stereocenters. The first-order chi connectivity index (χ1) is 13.6. The quantitative estimate of drug-likeness (QED) is 0.658. The number of fused-ring (bicyclic) bond motifs is 5. The maximum atomic E-state index is 13.4. The van der Waals surface area contributed by atoms with Gasteiger partial charge < -0.3 is 9.64 Å². The zero-order valence-electron chi connectivity index (χ0n) is 15.2. The summed E-state index contributed by atoms with van der Waals surface area (Å²) in [5, 5.41) is 2.44. The predicted octanol–water partition coefficient (Wildman–Crippen LogP) is 2.18. The third-order valence-corrected chi connectivity index (χ3v) is 5.95. The van der Waals surface area contributed by atoms with Gasteiger partial charge in [0.1, 0.15) is 11.8 Å². The third-order valence-electron chi connectivity index (χ3n) is 5.95. The van der Waals surface area contributed by atoms with Gasteiger partial charge in [-0.2, -0.15) is 0 Å². The molecule has 0 unspecified atom stereocenters. The second-order valence-corrected chi connectivity index (χ2v) is 7.28. The average molecular weight is 374 g/mol. The number of nitrogens with zero attached hydrogens (tertiary/aromatic N) is 1. The first-order valence-electron chi connectivity index (χ1n) is 9.17. The zero-order chi connectivity index (χ0) is 19.4. The van der Waals surface area contributed by atoms with Gasteiger partial charge >= 0.3 is 0 Å². The van der Waals surface area contributed by atoms with Crippen molar-refractivity contribution in [2.45, 2.75) is 12.1 Å². The molecule has 3 aliphatic heterocycles. The number of Topliss-reactive ketones (excluding diaryl/α,β-unsaturated/α-hetero) is 1. The molecular formula is C22H18N2O4. The topological polar surface area (TPSA) is 75.7 Å². The van der Waals surface area contributed by atoms with Crippen molar-refractivity contribution in [3.8, 4) is 5.75 Å². The van der Waals surface area contributed by atoms with Crippen LogP contribution >= 0.6 is 0 Å². The Kier molecular flexibility index (Phi) is 3.62. The maximum absolute atomic E-state index is 13.4. The highest BCUT2D eigenvalue weighted by atomic mass is 16.5. The van der Waals surface area contributed by atoms with Crippen LogP contribution in [0.3, 0.4) is 0 Å². The highest BCUT2D eigenvalue weighted by molar-refractivity contribution is 6.12. The molecule has 28 heavy (non-hydrogen) atoms. The predicted molar refractivity (Wildman–Crippen MR) is 101 cm³/mol. The van der Waals surface area contributed by atoms with Crippen molar-refractivity contribution in [1.82, 2.24) is 10.2 Å². The van der Waals surface area contributed by atoms with Crippen LogP contribution in [0, 0.1) is 11.8 Å². The molecule has 5 rings (SSSR count). The van der Waals surface area contributed by atoms with Crippen molar-refractivity contribution in [3.05, 3.63) is 71.4 Å². The molecule has 3 aliphatic rings. The van der Waals surface area contributed by atoms with Gasteiger partial charge in [-0.25, -0.2) is 0 Å². The fraction of sp³-hybridized carbons (Fsp3) is 0.227. The number of hydrogen-bond donors (Lipinski definition) is 1. The fourth-order valence-corrected chi connectivity index (χ4v) is 4.70. The number of hydrogen-bond acceptors (Lipinski definition) is 5.